The van der Waals surface area contributed by atoms with Crippen LogP contribution in [0.25, 0.3) is 0 Å². The number of aliphatic hydroxyl groups is 1. The van der Waals surface area contributed by atoms with Crippen molar-refractivity contribution < 1.29 is 33.8 Å². The number of aliphatic hydroxyl groups excluding tert-OH is 1. The molecule has 3 amide bonds. The Morgan fingerprint density at radius 1 is 1.23 bits per heavy atom. The van der Waals surface area contributed by atoms with Crippen molar-refractivity contribution >= 4 is 39.6 Å². The van der Waals surface area contributed by atoms with Gasteiger partial charge in [-0.2, -0.15) is 0 Å². The zero-order chi connectivity index (χ0) is 32.2. The number of carbonyl (C=O) groups is 4. The fourth-order valence-corrected chi connectivity index (χ4v) is 7.84. The summed E-state index contributed by atoms with van der Waals surface area (Å²) in [5, 5.41) is 13.4. The summed E-state index contributed by atoms with van der Waals surface area (Å²) in [6.45, 7) is 12.9. The largest absolute Gasteiger partial charge is 0.460 e. The third-order valence-corrected chi connectivity index (χ3v) is 9.71. The van der Waals surface area contributed by atoms with Crippen LogP contribution >= 0.6 is 15.9 Å². The molecule has 44 heavy (non-hydrogen) atoms. The summed E-state index contributed by atoms with van der Waals surface area (Å²) in [6, 6.07) is 7.48. The first-order valence-corrected chi connectivity index (χ1v) is 16.2. The number of nitrogens with one attached hydrogen (secondary N) is 1. The predicted octanol–water partition coefficient (Wildman–Crippen LogP) is 2.78. The molecular formula is C33H44BrN3O7. The molecule has 11 heteroatoms. The number of likely N-dealkylation sites (tertiary alicyclic amines) is 1. The van der Waals surface area contributed by atoms with E-state index in [2.05, 4.69) is 34.4 Å². The summed E-state index contributed by atoms with van der Waals surface area (Å²) in [7, 11) is 0. The van der Waals surface area contributed by atoms with Crippen LogP contribution in [0.4, 0.5) is 0 Å². The molecule has 3 saturated heterocycles. The lowest BCUT2D eigenvalue weighted by Crippen LogP contribution is -2.60. The average Bonchev–Trinajstić information content (AvgIpc) is 3.59. The number of hydrogen-bond acceptors (Lipinski definition) is 7. The van der Waals surface area contributed by atoms with Crippen molar-refractivity contribution in [3.63, 3.8) is 0 Å². The standard InChI is InChI=1S/C33H44BrN3O7/c1-6-8-14-25(39)35-18-21(5)43-32(42)26-27-30(40)37(23(19-38)16-22-12-10-9-11-13-22)29(31(41)36(15-7-2)20(3)4)33(27)17-24(34)28(26)44-33/h6-7,9-13,20-21,23-24,26-29,38H,1-2,8,14-19H2,3-5H3,(H,35,39)/t21-,23-,24?,26-,27+,28-,29-,33+/m1/s1. The van der Waals surface area contributed by atoms with Gasteiger partial charge in [-0.05, 0) is 45.6 Å². The van der Waals surface area contributed by atoms with E-state index in [0.29, 0.717) is 19.3 Å². The molecule has 3 aliphatic rings. The molecule has 0 aromatic heterocycles. The number of nitrogens with zero attached hydrogens (tertiary/aromatic N) is 2. The molecule has 1 aromatic carbocycles. The van der Waals surface area contributed by atoms with Crippen molar-refractivity contribution in [3.8, 4) is 0 Å². The number of halogens is 1. The summed E-state index contributed by atoms with van der Waals surface area (Å²) >= 11 is 3.68. The molecule has 3 heterocycles. The minimum absolute atomic E-state index is 0.114. The van der Waals surface area contributed by atoms with Crippen molar-refractivity contribution in [1.82, 2.24) is 15.1 Å². The highest BCUT2D eigenvalue weighted by molar-refractivity contribution is 9.09. The summed E-state index contributed by atoms with van der Waals surface area (Å²) in [6.07, 6.45) is 3.43. The quantitative estimate of drug-likeness (QED) is 0.167. The molecule has 2 bridgehead atoms. The van der Waals surface area contributed by atoms with Gasteiger partial charge in [-0.15, -0.1) is 13.2 Å². The van der Waals surface area contributed by atoms with Crippen LogP contribution in [0.15, 0.2) is 55.6 Å². The zero-order valence-electron chi connectivity index (χ0n) is 25.7. The zero-order valence-corrected chi connectivity index (χ0v) is 27.3. The third-order valence-electron chi connectivity index (χ3n) is 8.86. The first kappa shape index (κ1) is 33.9. The van der Waals surface area contributed by atoms with Crippen LogP contribution < -0.4 is 5.32 Å². The number of fused-ring (bicyclic) bond motifs is 1. The van der Waals surface area contributed by atoms with Gasteiger partial charge in [0.1, 0.15) is 17.7 Å². The van der Waals surface area contributed by atoms with Gasteiger partial charge in [-0.3, -0.25) is 19.2 Å². The van der Waals surface area contributed by atoms with Gasteiger partial charge >= 0.3 is 5.97 Å². The second-order valence-electron chi connectivity index (χ2n) is 12.2. The Hall–Kier alpha value is -3.02. The van der Waals surface area contributed by atoms with Crippen molar-refractivity contribution in [2.75, 3.05) is 19.7 Å². The van der Waals surface area contributed by atoms with Crippen LogP contribution in [0.5, 0.6) is 0 Å². The second kappa shape index (κ2) is 14.4. The van der Waals surface area contributed by atoms with Gasteiger partial charge in [0, 0.05) is 23.8 Å². The van der Waals surface area contributed by atoms with Crippen LogP contribution in [-0.2, 0) is 35.1 Å². The van der Waals surface area contributed by atoms with Crippen molar-refractivity contribution in [2.24, 2.45) is 11.8 Å². The molecular weight excluding hydrogens is 630 g/mol. The van der Waals surface area contributed by atoms with Crippen LogP contribution in [0, 0.1) is 11.8 Å². The number of amides is 3. The molecule has 3 aliphatic heterocycles. The Labute approximate surface area is 267 Å². The van der Waals surface area contributed by atoms with Gasteiger partial charge < -0.3 is 29.7 Å². The number of alkyl halides is 1. The minimum Gasteiger partial charge on any atom is -0.460 e. The van der Waals surface area contributed by atoms with E-state index in [4.69, 9.17) is 9.47 Å². The molecule has 240 valence electrons. The number of hydrogen-bond donors (Lipinski definition) is 2. The topological polar surface area (TPSA) is 125 Å². The lowest BCUT2D eigenvalue weighted by atomic mass is 9.70. The fraction of sp³-hybridized carbons (Fsp3) is 0.576. The fourth-order valence-electron chi connectivity index (χ4n) is 6.90. The maximum Gasteiger partial charge on any atom is 0.312 e. The molecule has 0 radical (unpaired) electrons. The van der Waals surface area contributed by atoms with Gasteiger partial charge in [0.25, 0.3) is 0 Å². The summed E-state index contributed by atoms with van der Waals surface area (Å²) in [5.41, 5.74) is -0.396. The number of carbonyl (C=O) groups excluding carboxylic acids is 4. The van der Waals surface area contributed by atoms with E-state index in [1.165, 1.54) is 4.90 Å². The van der Waals surface area contributed by atoms with Gasteiger partial charge in [-0.1, -0.05) is 58.4 Å². The monoisotopic (exact) mass is 673 g/mol. The van der Waals surface area contributed by atoms with Crippen molar-refractivity contribution in [3.05, 3.63) is 61.2 Å². The third kappa shape index (κ3) is 6.50. The van der Waals surface area contributed by atoms with Crippen molar-refractivity contribution in [2.45, 2.75) is 87.2 Å². The van der Waals surface area contributed by atoms with E-state index in [1.807, 2.05) is 44.2 Å². The van der Waals surface area contributed by atoms with E-state index in [9.17, 15) is 24.3 Å². The summed E-state index contributed by atoms with van der Waals surface area (Å²) < 4.78 is 12.4. The molecule has 4 rings (SSSR count). The maximum absolute atomic E-state index is 14.5. The number of ether oxygens (including phenoxy) is 2. The molecule has 8 atom stereocenters. The Bertz CT molecular complexity index is 1240. The Kier molecular flexibility index (Phi) is 11.1. The number of esters is 1. The van der Waals surface area contributed by atoms with Crippen LogP contribution in [-0.4, -0.2) is 99.1 Å². The molecule has 1 aromatic rings. The van der Waals surface area contributed by atoms with E-state index >= 15 is 0 Å². The predicted molar refractivity (Wildman–Crippen MR) is 169 cm³/mol. The molecule has 0 aliphatic carbocycles. The smallest absolute Gasteiger partial charge is 0.312 e. The average molecular weight is 675 g/mol. The highest BCUT2D eigenvalue weighted by Crippen LogP contribution is 2.60. The first-order chi connectivity index (χ1) is 21.0. The number of benzene rings is 1. The Balaban J connectivity index is 1.67. The molecule has 1 unspecified atom stereocenters. The lowest BCUT2D eigenvalue weighted by Gasteiger charge is -2.40. The van der Waals surface area contributed by atoms with E-state index in [0.717, 1.165) is 5.56 Å². The molecule has 2 N–H and O–H groups in total. The van der Waals surface area contributed by atoms with Crippen molar-refractivity contribution in [1.29, 1.82) is 0 Å². The van der Waals surface area contributed by atoms with Gasteiger partial charge in [0.2, 0.25) is 17.7 Å². The van der Waals surface area contributed by atoms with Gasteiger partial charge in [0.15, 0.2) is 0 Å². The number of allylic oxidation sites excluding steroid dienone is 1. The van der Waals surface area contributed by atoms with Gasteiger partial charge in [-0.25, -0.2) is 0 Å². The van der Waals surface area contributed by atoms with Crippen LogP contribution in [0.2, 0.25) is 0 Å². The second-order valence-corrected chi connectivity index (χ2v) is 13.4. The first-order valence-electron chi connectivity index (χ1n) is 15.3. The molecule has 10 nitrogen and oxygen atoms in total. The van der Waals surface area contributed by atoms with E-state index in [-0.39, 0.29) is 48.8 Å². The maximum atomic E-state index is 14.5. The SMILES string of the molecule is C=CCCC(=O)NC[C@@H](C)OC(=O)[C@H]1[C@@H]2O[C@@]3(CC2Br)[C@@H]1C(=O)N([C@@H](CO)Cc1ccccc1)[C@@H]3C(=O)N(CC=C)C(C)C. The van der Waals surface area contributed by atoms with Crippen LogP contribution in [0.3, 0.4) is 0 Å². The summed E-state index contributed by atoms with van der Waals surface area (Å²) in [5.74, 6) is -3.46. The summed E-state index contributed by atoms with van der Waals surface area (Å²) in [4.78, 5) is 57.6. The van der Waals surface area contributed by atoms with E-state index < -0.39 is 53.6 Å². The normalized spacial score (nSPS) is 28.4. The number of rotatable bonds is 15. The van der Waals surface area contributed by atoms with Gasteiger partial charge in [0.05, 0.1) is 37.1 Å². The van der Waals surface area contributed by atoms with Crippen LogP contribution in [0.1, 0.15) is 45.6 Å². The molecule has 0 saturated carbocycles. The highest BCUT2D eigenvalue weighted by atomic mass is 79.9. The molecule has 1 spiro atoms. The Morgan fingerprint density at radius 3 is 2.55 bits per heavy atom. The Morgan fingerprint density at radius 2 is 1.93 bits per heavy atom. The molecule has 3 fully saturated rings. The van der Waals surface area contributed by atoms with E-state index in [1.54, 1.807) is 24.0 Å². The highest BCUT2D eigenvalue weighted by Gasteiger charge is 2.77. The lowest BCUT2D eigenvalue weighted by molar-refractivity contribution is -0.160. The minimum atomic E-state index is -1.29.